The lowest BCUT2D eigenvalue weighted by atomic mass is 9.85. The predicted octanol–water partition coefficient (Wildman–Crippen LogP) is 5.82. The third kappa shape index (κ3) is 3.26. The smallest absolute Gasteiger partial charge is 0.185 e. The number of aromatic nitrogens is 1. The third-order valence-corrected chi connectivity index (χ3v) is 7.12. The molecule has 0 unspecified atom stereocenters. The Kier molecular flexibility index (Phi) is 4.88. The molecular weight excluding hydrogens is 420 g/mol. The average Bonchev–Trinajstić information content (AvgIpc) is 3.29. The van der Waals surface area contributed by atoms with Crippen LogP contribution in [0.1, 0.15) is 35.0 Å². The largest absolute Gasteiger partial charge is 0.353 e. The summed E-state index contributed by atoms with van der Waals surface area (Å²) in [6.07, 6.45) is 2.64. The van der Waals surface area contributed by atoms with Gasteiger partial charge in [-0.15, -0.1) is 0 Å². The molecule has 2 aliphatic heterocycles. The molecule has 3 aromatic carbocycles. The van der Waals surface area contributed by atoms with Gasteiger partial charge in [-0.3, -0.25) is 9.59 Å². The van der Waals surface area contributed by atoms with E-state index in [-0.39, 0.29) is 23.5 Å². The van der Waals surface area contributed by atoms with Gasteiger partial charge in [0.05, 0.1) is 23.3 Å². The Hall–Kier alpha value is -4.05. The van der Waals surface area contributed by atoms with Crippen molar-refractivity contribution >= 4 is 39.8 Å². The van der Waals surface area contributed by atoms with Crippen LogP contribution < -0.4 is 4.90 Å². The van der Waals surface area contributed by atoms with Crippen LogP contribution in [0.4, 0.5) is 5.69 Å². The molecule has 0 aliphatic carbocycles. The van der Waals surface area contributed by atoms with Gasteiger partial charge in [-0.25, -0.2) is 4.98 Å². The van der Waals surface area contributed by atoms with Crippen molar-refractivity contribution in [2.24, 2.45) is 5.92 Å². The normalized spacial score (nSPS) is 21.0. The molecule has 1 saturated heterocycles. The van der Waals surface area contributed by atoms with E-state index in [1.807, 2.05) is 72.8 Å². The standard InChI is InChI=1S/C30H24N2O2/c1-19(33)23-18-28(30(34)21-10-3-2-4-11-21)32-27-14-8-6-12-22(27)17-24(29(23)32)26-16-15-20-9-5-7-13-25(20)31-26/h2-17,23,28-29H,18H2,1H3/t23-,28-,29-/m0/s1. The molecule has 4 aromatic rings. The predicted molar refractivity (Wildman–Crippen MR) is 136 cm³/mol. The van der Waals surface area contributed by atoms with E-state index in [1.54, 1.807) is 6.92 Å². The van der Waals surface area contributed by atoms with E-state index in [0.29, 0.717) is 12.0 Å². The van der Waals surface area contributed by atoms with Gasteiger partial charge in [0.25, 0.3) is 0 Å². The first-order valence-corrected chi connectivity index (χ1v) is 11.7. The zero-order valence-corrected chi connectivity index (χ0v) is 18.9. The summed E-state index contributed by atoms with van der Waals surface area (Å²) in [5, 5.41) is 1.08. The summed E-state index contributed by atoms with van der Waals surface area (Å²) in [6, 6.07) is 29.0. The fourth-order valence-electron chi connectivity index (χ4n) is 5.52. The van der Waals surface area contributed by atoms with Crippen LogP contribution in [-0.2, 0) is 4.79 Å². The molecule has 6 rings (SSSR count). The van der Waals surface area contributed by atoms with Crippen LogP contribution in [0.25, 0.3) is 22.6 Å². The number of Topliss-reactive ketones (excluding diaryl/α,β-unsaturated/α-hetero) is 2. The summed E-state index contributed by atoms with van der Waals surface area (Å²) < 4.78 is 0. The van der Waals surface area contributed by atoms with Gasteiger partial charge in [-0.1, -0.05) is 72.8 Å². The molecule has 1 fully saturated rings. The van der Waals surface area contributed by atoms with Crippen molar-refractivity contribution in [1.29, 1.82) is 0 Å². The lowest BCUT2D eigenvalue weighted by molar-refractivity contribution is -0.120. The number of fused-ring (bicyclic) bond motifs is 4. The second-order valence-electron chi connectivity index (χ2n) is 9.10. The third-order valence-electron chi connectivity index (χ3n) is 7.12. The van der Waals surface area contributed by atoms with Gasteiger partial charge < -0.3 is 4.90 Å². The maximum absolute atomic E-state index is 13.7. The van der Waals surface area contributed by atoms with E-state index in [1.165, 1.54) is 0 Å². The maximum Gasteiger partial charge on any atom is 0.185 e. The van der Waals surface area contributed by atoms with Gasteiger partial charge >= 0.3 is 0 Å². The first-order chi connectivity index (χ1) is 16.6. The fraction of sp³-hybridized carbons (Fsp3) is 0.167. The van der Waals surface area contributed by atoms with E-state index in [2.05, 4.69) is 29.2 Å². The summed E-state index contributed by atoms with van der Waals surface area (Å²) in [4.78, 5) is 33.8. The number of carbonyl (C=O) groups excluding carboxylic acids is 2. The Morgan fingerprint density at radius 3 is 2.41 bits per heavy atom. The van der Waals surface area contributed by atoms with Gasteiger partial charge in [0, 0.05) is 28.1 Å². The molecule has 4 heteroatoms. The Morgan fingerprint density at radius 2 is 1.59 bits per heavy atom. The van der Waals surface area contributed by atoms with Gasteiger partial charge in [0.15, 0.2) is 5.78 Å². The number of hydrogen-bond donors (Lipinski definition) is 0. The second-order valence-corrected chi connectivity index (χ2v) is 9.10. The summed E-state index contributed by atoms with van der Waals surface area (Å²) in [6.45, 7) is 1.64. The van der Waals surface area contributed by atoms with Gasteiger partial charge in [0.1, 0.15) is 5.78 Å². The lowest BCUT2D eigenvalue weighted by Crippen LogP contribution is -2.44. The van der Waals surface area contributed by atoms with Crippen LogP contribution in [0.15, 0.2) is 91.0 Å². The summed E-state index contributed by atoms with van der Waals surface area (Å²) in [5.74, 6) is -0.133. The van der Waals surface area contributed by atoms with Crippen molar-refractivity contribution in [2.75, 3.05) is 4.90 Å². The molecule has 0 N–H and O–H groups in total. The average molecular weight is 445 g/mol. The highest BCUT2D eigenvalue weighted by Crippen LogP contribution is 2.47. The van der Waals surface area contributed by atoms with Crippen LogP contribution in [-0.4, -0.2) is 28.6 Å². The minimum Gasteiger partial charge on any atom is -0.353 e. The van der Waals surface area contributed by atoms with E-state index in [9.17, 15) is 9.59 Å². The highest BCUT2D eigenvalue weighted by atomic mass is 16.1. The van der Waals surface area contributed by atoms with Gasteiger partial charge in [-0.2, -0.15) is 0 Å². The highest BCUT2D eigenvalue weighted by Gasteiger charge is 2.50. The second kappa shape index (κ2) is 8.07. The fourth-order valence-corrected chi connectivity index (χ4v) is 5.52. The van der Waals surface area contributed by atoms with Crippen molar-refractivity contribution < 1.29 is 9.59 Å². The molecule has 3 atom stereocenters. The van der Waals surface area contributed by atoms with Gasteiger partial charge in [0.2, 0.25) is 0 Å². The number of anilines is 1. The molecule has 0 saturated carbocycles. The van der Waals surface area contributed by atoms with Crippen LogP contribution >= 0.6 is 0 Å². The van der Waals surface area contributed by atoms with Gasteiger partial charge in [-0.05, 0) is 43.2 Å². The minimum absolute atomic E-state index is 0.0527. The van der Waals surface area contributed by atoms with E-state index >= 15 is 0 Å². The Bertz CT molecular complexity index is 1460. The first kappa shape index (κ1) is 20.5. The Balaban J connectivity index is 1.53. The Labute approximate surface area is 198 Å². The number of pyridine rings is 1. The number of para-hydroxylation sites is 2. The van der Waals surface area contributed by atoms with Crippen molar-refractivity contribution in [3.8, 4) is 0 Å². The number of rotatable bonds is 4. The topological polar surface area (TPSA) is 50.3 Å². The van der Waals surface area contributed by atoms with Crippen LogP contribution in [0.3, 0.4) is 0 Å². The maximum atomic E-state index is 13.7. The molecule has 166 valence electrons. The Morgan fingerprint density at radius 1 is 0.853 bits per heavy atom. The molecule has 0 spiro atoms. The molecule has 2 aliphatic rings. The quantitative estimate of drug-likeness (QED) is 0.372. The monoisotopic (exact) mass is 444 g/mol. The molecule has 34 heavy (non-hydrogen) atoms. The molecule has 3 heterocycles. The number of hydrogen-bond acceptors (Lipinski definition) is 4. The minimum atomic E-state index is -0.411. The van der Waals surface area contributed by atoms with E-state index in [0.717, 1.165) is 33.4 Å². The number of nitrogens with zero attached hydrogens (tertiary/aromatic N) is 2. The van der Waals surface area contributed by atoms with Crippen LogP contribution in [0.5, 0.6) is 0 Å². The molecule has 1 aromatic heterocycles. The van der Waals surface area contributed by atoms with Crippen molar-refractivity contribution in [2.45, 2.75) is 25.4 Å². The summed E-state index contributed by atoms with van der Waals surface area (Å²) in [5.41, 5.74) is 5.47. The molecular formula is C30H24N2O2. The lowest BCUT2D eigenvalue weighted by Gasteiger charge is -2.38. The van der Waals surface area contributed by atoms with Crippen LogP contribution in [0.2, 0.25) is 0 Å². The molecule has 0 amide bonds. The molecule has 4 nitrogen and oxygen atoms in total. The SMILES string of the molecule is CC(=O)[C@@H]1C[C@@H](C(=O)c2ccccc2)N2c3ccccc3C=C(c3ccc4ccccc4n3)[C@H]12. The zero-order chi connectivity index (χ0) is 23.2. The van der Waals surface area contributed by atoms with Crippen molar-refractivity contribution in [3.63, 3.8) is 0 Å². The van der Waals surface area contributed by atoms with E-state index < -0.39 is 6.04 Å². The summed E-state index contributed by atoms with van der Waals surface area (Å²) in [7, 11) is 0. The van der Waals surface area contributed by atoms with Crippen LogP contribution in [0, 0.1) is 5.92 Å². The number of carbonyl (C=O) groups is 2. The molecule has 0 bridgehead atoms. The summed E-state index contributed by atoms with van der Waals surface area (Å²) >= 11 is 0. The molecule has 0 radical (unpaired) electrons. The van der Waals surface area contributed by atoms with Crippen molar-refractivity contribution in [1.82, 2.24) is 4.98 Å². The van der Waals surface area contributed by atoms with Crippen molar-refractivity contribution in [3.05, 3.63) is 108 Å². The highest BCUT2D eigenvalue weighted by molar-refractivity contribution is 6.07. The number of benzene rings is 3. The zero-order valence-electron chi connectivity index (χ0n) is 18.9. The first-order valence-electron chi connectivity index (χ1n) is 11.7. The van der Waals surface area contributed by atoms with E-state index in [4.69, 9.17) is 4.98 Å². The number of ketones is 2.